The molecule has 1 N–H and O–H groups in total. The molecule has 1 aliphatic heterocycles. The van der Waals surface area contributed by atoms with E-state index >= 15 is 0 Å². The van der Waals surface area contributed by atoms with Crippen molar-refractivity contribution < 1.29 is 5.11 Å². The molecule has 7 heteroatoms. The summed E-state index contributed by atoms with van der Waals surface area (Å²) < 4.78 is 4.67. The van der Waals surface area contributed by atoms with Crippen LogP contribution in [0, 0.1) is 18.6 Å². The number of aryl methyl sites for hydroxylation is 2. The smallest absolute Gasteiger partial charge is 0.203 e. The van der Waals surface area contributed by atoms with Crippen LogP contribution in [0.1, 0.15) is 11.4 Å². The number of phenols is 1. The fourth-order valence-corrected chi connectivity index (χ4v) is 4.08. The van der Waals surface area contributed by atoms with Gasteiger partial charge in [0, 0.05) is 26.2 Å². The number of hydrogen-bond acceptors (Lipinski definition) is 5. The van der Waals surface area contributed by atoms with Crippen molar-refractivity contribution >= 4 is 17.9 Å². The summed E-state index contributed by atoms with van der Waals surface area (Å²) in [6.07, 6.45) is 0. The molecule has 0 radical (unpaired) electrons. The van der Waals surface area contributed by atoms with Crippen LogP contribution in [-0.4, -0.2) is 50.5 Å². The molecule has 1 aliphatic rings. The van der Waals surface area contributed by atoms with Gasteiger partial charge in [-0.25, -0.2) is 4.68 Å². The predicted molar refractivity (Wildman–Crippen MR) is 114 cm³/mol. The van der Waals surface area contributed by atoms with Crippen molar-refractivity contribution in [3.63, 3.8) is 0 Å². The molecule has 0 spiro atoms. The number of aromatic nitrogens is 3. The minimum Gasteiger partial charge on any atom is -0.506 e. The summed E-state index contributed by atoms with van der Waals surface area (Å²) in [5, 5.41) is 14.8. The van der Waals surface area contributed by atoms with Gasteiger partial charge in [0.25, 0.3) is 0 Å². The van der Waals surface area contributed by atoms with Crippen molar-refractivity contribution in [3.8, 4) is 11.4 Å². The summed E-state index contributed by atoms with van der Waals surface area (Å²) in [5.74, 6) is 1.23. The number of aromatic hydroxyl groups is 1. The third kappa shape index (κ3) is 3.55. The lowest BCUT2D eigenvalue weighted by Gasteiger charge is -2.36. The molecule has 28 heavy (non-hydrogen) atoms. The van der Waals surface area contributed by atoms with Gasteiger partial charge in [0.05, 0.1) is 18.0 Å². The van der Waals surface area contributed by atoms with Crippen molar-refractivity contribution in [1.29, 1.82) is 0 Å². The molecule has 1 saturated heterocycles. The summed E-state index contributed by atoms with van der Waals surface area (Å²) in [6, 6.07) is 15.7. The molecule has 0 unspecified atom stereocenters. The van der Waals surface area contributed by atoms with Gasteiger partial charge in [-0.1, -0.05) is 30.3 Å². The molecule has 4 rings (SSSR count). The van der Waals surface area contributed by atoms with E-state index in [0.717, 1.165) is 48.1 Å². The number of phenolic OH excluding ortho intramolecular Hbond substituents is 1. The van der Waals surface area contributed by atoms with Crippen LogP contribution >= 0.6 is 12.2 Å². The molecule has 0 atom stereocenters. The second kappa shape index (κ2) is 7.77. The molecule has 3 aromatic rings. The largest absolute Gasteiger partial charge is 0.506 e. The van der Waals surface area contributed by atoms with E-state index in [0.29, 0.717) is 12.4 Å². The molecular formula is C21H25N5OS. The van der Waals surface area contributed by atoms with Crippen molar-refractivity contribution in [2.45, 2.75) is 20.5 Å². The van der Waals surface area contributed by atoms with E-state index in [2.05, 4.69) is 28.9 Å². The molecule has 1 fully saturated rings. The Kier molecular flexibility index (Phi) is 5.19. The lowest BCUT2D eigenvalue weighted by Crippen LogP contribution is -2.47. The van der Waals surface area contributed by atoms with E-state index in [1.807, 2.05) is 46.5 Å². The Morgan fingerprint density at radius 1 is 0.929 bits per heavy atom. The molecule has 2 heterocycles. The van der Waals surface area contributed by atoms with Crippen molar-refractivity contribution in [1.82, 2.24) is 19.2 Å². The fourth-order valence-electron chi connectivity index (χ4n) is 3.75. The lowest BCUT2D eigenvalue weighted by molar-refractivity contribution is 0.194. The predicted octanol–water partition coefficient (Wildman–Crippen LogP) is 3.51. The number of hydrogen-bond donors (Lipinski definition) is 1. The van der Waals surface area contributed by atoms with Gasteiger partial charge < -0.3 is 10.0 Å². The van der Waals surface area contributed by atoms with Gasteiger partial charge in [-0.05, 0) is 49.8 Å². The highest BCUT2D eigenvalue weighted by Gasteiger charge is 2.20. The fraction of sp³-hybridized carbons (Fsp3) is 0.333. The first-order chi connectivity index (χ1) is 13.5. The van der Waals surface area contributed by atoms with Gasteiger partial charge >= 0.3 is 0 Å². The van der Waals surface area contributed by atoms with Gasteiger partial charge in [-0.15, -0.1) is 0 Å². The van der Waals surface area contributed by atoms with Gasteiger partial charge in [0.1, 0.15) is 11.6 Å². The second-order valence-electron chi connectivity index (χ2n) is 7.19. The molecule has 146 valence electrons. The minimum absolute atomic E-state index is 0.339. The molecule has 1 aromatic heterocycles. The van der Waals surface area contributed by atoms with E-state index < -0.39 is 0 Å². The first kappa shape index (κ1) is 18.7. The highest BCUT2D eigenvalue weighted by molar-refractivity contribution is 7.71. The number of para-hydroxylation sites is 3. The standard InChI is InChI=1S/C21H25N5OS/c1-16-7-3-4-8-18(16)26-17(2)22-25(21(26)28)15-23-11-13-24(14-12-23)19-9-5-6-10-20(19)27/h3-10,27H,11-15H2,1-2H3. The van der Waals surface area contributed by atoms with E-state index in [-0.39, 0.29) is 0 Å². The molecular weight excluding hydrogens is 370 g/mol. The molecule has 2 aromatic carbocycles. The Morgan fingerprint density at radius 3 is 2.25 bits per heavy atom. The average molecular weight is 396 g/mol. The molecule has 0 saturated carbocycles. The monoisotopic (exact) mass is 395 g/mol. The Balaban J connectivity index is 1.48. The maximum Gasteiger partial charge on any atom is 0.203 e. The van der Waals surface area contributed by atoms with Crippen LogP contribution < -0.4 is 4.90 Å². The Bertz CT molecular complexity index is 1030. The lowest BCUT2D eigenvalue weighted by atomic mass is 10.2. The van der Waals surface area contributed by atoms with Crippen LogP contribution in [0.5, 0.6) is 5.75 Å². The average Bonchev–Trinajstić information content (AvgIpc) is 2.97. The van der Waals surface area contributed by atoms with Crippen LogP contribution in [0.2, 0.25) is 0 Å². The van der Waals surface area contributed by atoms with Crippen molar-refractivity contribution in [3.05, 3.63) is 64.7 Å². The number of anilines is 1. The van der Waals surface area contributed by atoms with Gasteiger partial charge in [-0.2, -0.15) is 5.10 Å². The summed E-state index contributed by atoms with van der Waals surface area (Å²) in [7, 11) is 0. The van der Waals surface area contributed by atoms with Gasteiger partial charge in [0.15, 0.2) is 0 Å². The third-order valence-corrected chi connectivity index (χ3v) is 5.68. The molecule has 6 nitrogen and oxygen atoms in total. The number of benzene rings is 2. The van der Waals surface area contributed by atoms with Crippen molar-refractivity contribution in [2.75, 3.05) is 31.1 Å². The van der Waals surface area contributed by atoms with E-state index in [1.165, 1.54) is 5.56 Å². The van der Waals surface area contributed by atoms with E-state index in [9.17, 15) is 5.11 Å². The highest BCUT2D eigenvalue weighted by Crippen LogP contribution is 2.27. The number of rotatable bonds is 4. The topological polar surface area (TPSA) is 49.5 Å². The van der Waals surface area contributed by atoms with Crippen LogP contribution in [-0.2, 0) is 6.67 Å². The summed E-state index contributed by atoms with van der Waals surface area (Å²) >= 11 is 5.73. The summed E-state index contributed by atoms with van der Waals surface area (Å²) in [4.78, 5) is 4.57. The third-order valence-electron chi connectivity index (χ3n) is 5.29. The molecule has 0 bridgehead atoms. The van der Waals surface area contributed by atoms with Crippen LogP contribution in [0.25, 0.3) is 5.69 Å². The quantitative estimate of drug-likeness (QED) is 0.685. The maximum absolute atomic E-state index is 10.1. The van der Waals surface area contributed by atoms with Crippen LogP contribution in [0.15, 0.2) is 48.5 Å². The molecule has 0 aliphatic carbocycles. The van der Waals surface area contributed by atoms with E-state index in [1.54, 1.807) is 6.07 Å². The molecule has 0 amide bonds. The Labute approximate surface area is 170 Å². The van der Waals surface area contributed by atoms with E-state index in [4.69, 9.17) is 17.3 Å². The highest BCUT2D eigenvalue weighted by atomic mass is 32.1. The van der Waals surface area contributed by atoms with Gasteiger partial charge in [-0.3, -0.25) is 9.47 Å². The maximum atomic E-state index is 10.1. The normalized spacial score (nSPS) is 15.1. The first-order valence-electron chi connectivity index (χ1n) is 9.52. The zero-order valence-electron chi connectivity index (χ0n) is 16.2. The SMILES string of the molecule is Cc1ccccc1-n1c(C)nn(CN2CCN(c3ccccc3O)CC2)c1=S. The zero-order chi connectivity index (χ0) is 19.7. The Morgan fingerprint density at radius 2 is 1.57 bits per heavy atom. The Hall–Kier alpha value is -2.64. The second-order valence-corrected chi connectivity index (χ2v) is 7.55. The van der Waals surface area contributed by atoms with Crippen molar-refractivity contribution in [2.24, 2.45) is 0 Å². The minimum atomic E-state index is 0.339. The van der Waals surface area contributed by atoms with Crippen LogP contribution in [0.3, 0.4) is 0 Å². The van der Waals surface area contributed by atoms with Crippen LogP contribution in [0.4, 0.5) is 5.69 Å². The van der Waals surface area contributed by atoms with Gasteiger partial charge in [0.2, 0.25) is 4.77 Å². The zero-order valence-corrected chi connectivity index (χ0v) is 17.1. The number of piperazine rings is 1. The number of nitrogens with zero attached hydrogens (tertiary/aromatic N) is 5. The summed E-state index contributed by atoms with van der Waals surface area (Å²) in [5.41, 5.74) is 3.16. The summed E-state index contributed by atoms with van der Waals surface area (Å²) in [6.45, 7) is 8.28. The first-order valence-corrected chi connectivity index (χ1v) is 9.93.